The van der Waals surface area contributed by atoms with Crippen molar-refractivity contribution >= 4 is 17.5 Å². The van der Waals surface area contributed by atoms with Crippen LogP contribution in [0.3, 0.4) is 0 Å². The minimum atomic E-state index is -0.127. The van der Waals surface area contributed by atoms with Gasteiger partial charge < -0.3 is 5.32 Å². The highest BCUT2D eigenvalue weighted by Gasteiger charge is 2.11. The fourth-order valence-corrected chi connectivity index (χ4v) is 1.96. The molecule has 1 atom stereocenters. The maximum Gasteiger partial charge on any atom is 0.254 e. The predicted molar refractivity (Wildman–Crippen MR) is 70.7 cm³/mol. The fourth-order valence-electron chi connectivity index (χ4n) is 1.75. The molecular weight excluding hydrogens is 250 g/mol. The molecule has 18 heavy (non-hydrogen) atoms. The van der Waals surface area contributed by atoms with Gasteiger partial charge in [0.25, 0.3) is 5.91 Å². The Labute approximate surface area is 110 Å². The summed E-state index contributed by atoms with van der Waals surface area (Å²) < 4.78 is 0. The zero-order valence-corrected chi connectivity index (χ0v) is 10.7. The van der Waals surface area contributed by atoms with Gasteiger partial charge in [0.15, 0.2) is 0 Å². The molecule has 2 aromatic rings. The maximum absolute atomic E-state index is 11.8. The molecule has 0 saturated carbocycles. The van der Waals surface area contributed by atoms with Gasteiger partial charge >= 0.3 is 0 Å². The van der Waals surface area contributed by atoms with Crippen molar-refractivity contribution in [2.24, 2.45) is 0 Å². The standard InChI is InChI=1S/C13H14ClN3O/c1-9(5-10-3-2-4-12(14)6-10)17-13(18)11-7-15-16-8-11/h2-4,6-9H,5H2,1H3,(H,15,16)(H,17,18). The highest BCUT2D eigenvalue weighted by molar-refractivity contribution is 6.30. The summed E-state index contributed by atoms with van der Waals surface area (Å²) in [6.45, 7) is 1.96. The van der Waals surface area contributed by atoms with Crippen LogP contribution in [0.25, 0.3) is 0 Å². The van der Waals surface area contributed by atoms with Gasteiger partial charge in [-0.2, -0.15) is 5.10 Å². The van der Waals surface area contributed by atoms with Crippen molar-refractivity contribution in [1.82, 2.24) is 15.5 Å². The number of rotatable bonds is 4. The van der Waals surface area contributed by atoms with Crippen LogP contribution in [0.4, 0.5) is 0 Å². The topological polar surface area (TPSA) is 57.8 Å². The molecule has 0 aliphatic rings. The number of benzene rings is 1. The summed E-state index contributed by atoms with van der Waals surface area (Å²) in [6, 6.07) is 7.67. The van der Waals surface area contributed by atoms with Gasteiger partial charge in [0.1, 0.15) is 0 Å². The Morgan fingerprint density at radius 1 is 1.56 bits per heavy atom. The summed E-state index contributed by atoms with van der Waals surface area (Å²) in [5.74, 6) is -0.127. The number of halogens is 1. The monoisotopic (exact) mass is 263 g/mol. The second-order valence-corrected chi connectivity index (χ2v) is 4.63. The van der Waals surface area contributed by atoms with E-state index in [2.05, 4.69) is 15.5 Å². The molecule has 0 aliphatic heterocycles. The normalized spacial score (nSPS) is 12.1. The first kappa shape index (κ1) is 12.6. The van der Waals surface area contributed by atoms with E-state index in [4.69, 9.17) is 11.6 Å². The summed E-state index contributed by atoms with van der Waals surface area (Å²) >= 11 is 5.92. The third-order valence-corrected chi connectivity index (χ3v) is 2.80. The Morgan fingerprint density at radius 3 is 3.06 bits per heavy atom. The maximum atomic E-state index is 11.8. The van der Waals surface area contributed by atoms with E-state index in [1.165, 1.54) is 6.20 Å². The summed E-state index contributed by atoms with van der Waals surface area (Å²) in [7, 11) is 0. The number of aromatic nitrogens is 2. The van der Waals surface area contributed by atoms with Crippen molar-refractivity contribution in [3.8, 4) is 0 Å². The number of hydrogen-bond acceptors (Lipinski definition) is 2. The predicted octanol–water partition coefficient (Wildman–Crippen LogP) is 2.42. The highest BCUT2D eigenvalue weighted by Crippen LogP contribution is 2.12. The molecule has 1 aromatic carbocycles. The van der Waals surface area contributed by atoms with E-state index in [0.717, 1.165) is 12.0 Å². The molecule has 1 heterocycles. The molecule has 94 valence electrons. The summed E-state index contributed by atoms with van der Waals surface area (Å²) in [5, 5.41) is 9.97. The molecule has 0 bridgehead atoms. The smallest absolute Gasteiger partial charge is 0.254 e. The van der Waals surface area contributed by atoms with Crippen LogP contribution in [0.5, 0.6) is 0 Å². The van der Waals surface area contributed by atoms with Crippen LogP contribution >= 0.6 is 11.6 Å². The van der Waals surface area contributed by atoms with E-state index in [9.17, 15) is 4.79 Å². The number of nitrogens with one attached hydrogen (secondary N) is 2. The lowest BCUT2D eigenvalue weighted by Crippen LogP contribution is -2.33. The first-order valence-corrected chi connectivity index (χ1v) is 6.07. The molecule has 0 spiro atoms. The Bertz CT molecular complexity index is 525. The van der Waals surface area contributed by atoms with Crippen molar-refractivity contribution < 1.29 is 4.79 Å². The minimum Gasteiger partial charge on any atom is -0.349 e. The minimum absolute atomic E-state index is 0.0332. The SMILES string of the molecule is CC(Cc1cccc(Cl)c1)NC(=O)c1cn[nH]c1. The van der Waals surface area contributed by atoms with Crippen LogP contribution in [0.15, 0.2) is 36.7 Å². The van der Waals surface area contributed by atoms with Crippen molar-refractivity contribution in [2.75, 3.05) is 0 Å². The second-order valence-electron chi connectivity index (χ2n) is 4.20. The Hall–Kier alpha value is -1.81. The molecule has 1 unspecified atom stereocenters. The molecule has 0 aliphatic carbocycles. The molecule has 2 rings (SSSR count). The van der Waals surface area contributed by atoms with Gasteiger partial charge in [-0.3, -0.25) is 9.89 Å². The number of amides is 1. The average molecular weight is 264 g/mol. The molecule has 1 amide bonds. The van der Waals surface area contributed by atoms with Crippen LogP contribution in [0, 0.1) is 0 Å². The number of aromatic amines is 1. The van der Waals surface area contributed by atoms with Crippen LogP contribution in [0.1, 0.15) is 22.8 Å². The zero-order chi connectivity index (χ0) is 13.0. The average Bonchev–Trinajstić information content (AvgIpc) is 2.81. The van der Waals surface area contributed by atoms with E-state index in [1.54, 1.807) is 6.20 Å². The molecule has 4 nitrogen and oxygen atoms in total. The Morgan fingerprint density at radius 2 is 2.39 bits per heavy atom. The van der Waals surface area contributed by atoms with E-state index >= 15 is 0 Å². The van der Waals surface area contributed by atoms with Crippen LogP contribution < -0.4 is 5.32 Å². The number of nitrogens with zero attached hydrogens (tertiary/aromatic N) is 1. The third kappa shape index (κ3) is 3.34. The van der Waals surface area contributed by atoms with Crippen LogP contribution in [0.2, 0.25) is 5.02 Å². The van der Waals surface area contributed by atoms with E-state index in [1.807, 2.05) is 31.2 Å². The summed E-state index contributed by atoms with van der Waals surface area (Å²) in [6.07, 6.45) is 3.81. The van der Waals surface area contributed by atoms with Crippen LogP contribution in [-0.4, -0.2) is 22.1 Å². The molecule has 5 heteroatoms. The van der Waals surface area contributed by atoms with Crippen molar-refractivity contribution in [3.63, 3.8) is 0 Å². The fraction of sp³-hybridized carbons (Fsp3) is 0.231. The van der Waals surface area contributed by atoms with E-state index in [0.29, 0.717) is 10.6 Å². The molecule has 2 N–H and O–H groups in total. The van der Waals surface area contributed by atoms with Gasteiger partial charge in [-0.1, -0.05) is 23.7 Å². The molecule has 0 radical (unpaired) electrons. The Balaban J connectivity index is 1.93. The number of carbonyl (C=O) groups excluding carboxylic acids is 1. The van der Waals surface area contributed by atoms with E-state index in [-0.39, 0.29) is 11.9 Å². The number of carbonyl (C=O) groups is 1. The van der Waals surface area contributed by atoms with Gasteiger partial charge in [-0.05, 0) is 31.0 Å². The first-order valence-electron chi connectivity index (χ1n) is 5.69. The van der Waals surface area contributed by atoms with Gasteiger partial charge in [0.05, 0.1) is 11.8 Å². The molecule has 0 fully saturated rings. The largest absolute Gasteiger partial charge is 0.349 e. The summed E-state index contributed by atoms with van der Waals surface area (Å²) in [4.78, 5) is 11.8. The van der Waals surface area contributed by atoms with Crippen molar-refractivity contribution in [3.05, 3.63) is 52.8 Å². The zero-order valence-electron chi connectivity index (χ0n) is 9.98. The van der Waals surface area contributed by atoms with E-state index < -0.39 is 0 Å². The molecular formula is C13H14ClN3O. The van der Waals surface area contributed by atoms with Crippen LogP contribution in [-0.2, 0) is 6.42 Å². The number of H-pyrrole nitrogens is 1. The van der Waals surface area contributed by atoms with Gasteiger partial charge in [-0.15, -0.1) is 0 Å². The van der Waals surface area contributed by atoms with Crippen molar-refractivity contribution in [2.45, 2.75) is 19.4 Å². The van der Waals surface area contributed by atoms with Gasteiger partial charge in [0, 0.05) is 17.3 Å². The quantitative estimate of drug-likeness (QED) is 0.890. The van der Waals surface area contributed by atoms with Crippen molar-refractivity contribution in [1.29, 1.82) is 0 Å². The Kier molecular flexibility index (Phi) is 3.99. The first-order chi connectivity index (χ1) is 8.65. The lowest BCUT2D eigenvalue weighted by atomic mass is 10.1. The van der Waals surface area contributed by atoms with Gasteiger partial charge in [0.2, 0.25) is 0 Å². The second kappa shape index (κ2) is 5.69. The lowest BCUT2D eigenvalue weighted by Gasteiger charge is -2.13. The van der Waals surface area contributed by atoms with Gasteiger partial charge in [-0.25, -0.2) is 0 Å². The highest BCUT2D eigenvalue weighted by atomic mass is 35.5. The summed E-state index contributed by atoms with van der Waals surface area (Å²) in [5.41, 5.74) is 1.63. The molecule has 0 saturated heterocycles. The molecule has 1 aromatic heterocycles. The number of hydrogen-bond donors (Lipinski definition) is 2. The lowest BCUT2D eigenvalue weighted by molar-refractivity contribution is 0.0940. The third-order valence-electron chi connectivity index (χ3n) is 2.57.